The van der Waals surface area contributed by atoms with Gasteiger partial charge in [-0.1, -0.05) is 24.3 Å². The van der Waals surface area contributed by atoms with Crippen LogP contribution in [0.2, 0.25) is 0 Å². The molecule has 0 unspecified atom stereocenters. The zero-order chi connectivity index (χ0) is 14.3. The van der Waals surface area contributed by atoms with Crippen LogP contribution in [0.3, 0.4) is 0 Å². The molecule has 0 bridgehead atoms. The third-order valence-electron chi connectivity index (χ3n) is 3.39. The summed E-state index contributed by atoms with van der Waals surface area (Å²) in [6.45, 7) is -0.0992. The van der Waals surface area contributed by atoms with E-state index in [0.717, 1.165) is 15.7 Å². The Morgan fingerprint density at radius 1 is 1.00 bits per heavy atom. The Bertz CT molecular complexity index is 696. The molecule has 1 heterocycles. The summed E-state index contributed by atoms with van der Waals surface area (Å²) in [5, 5.41) is 10.4. The maximum Gasteiger partial charge on any atom is 0.305 e. The van der Waals surface area contributed by atoms with Gasteiger partial charge in [-0.05, 0) is 22.9 Å². The number of carboxylic acid groups (broad SMARTS) is 1. The van der Waals surface area contributed by atoms with Crippen molar-refractivity contribution in [2.24, 2.45) is 0 Å². The first-order chi connectivity index (χ1) is 9.58. The van der Waals surface area contributed by atoms with Gasteiger partial charge in [-0.2, -0.15) is 0 Å². The Labute approximate surface area is 114 Å². The van der Waals surface area contributed by atoms with Gasteiger partial charge < -0.3 is 5.11 Å². The second-order valence-electron chi connectivity index (χ2n) is 4.65. The van der Waals surface area contributed by atoms with Gasteiger partial charge in [0.15, 0.2) is 0 Å². The van der Waals surface area contributed by atoms with Crippen LogP contribution in [0.15, 0.2) is 36.4 Å². The minimum atomic E-state index is -1.04. The zero-order valence-corrected chi connectivity index (χ0v) is 10.5. The van der Waals surface area contributed by atoms with Crippen LogP contribution < -0.4 is 0 Å². The van der Waals surface area contributed by atoms with Crippen LogP contribution in [-0.2, 0) is 4.79 Å². The molecule has 0 aliphatic carbocycles. The van der Waals surface area contributed by atoms with E-state index in [4.69, 9.17) is 5.11 Å². The maximum absolute atomic E-state index is 12.2. The van der Waals surface area contributed by atoms with E-state index in [-0.39, 0.29) is 13.0 Å². The Morgan fingerprint density at radius 2 is 1.50 bits per heavy atom. The predicted octanol–water partition coefficient (Wildman–Crippen LogP) is 1.91. The highest BCUT2D eigenvalue weighted by Crippen LogP contribution is 2.27. The number of imide groups is 1. The van der Waals surface area contributed by atoms with E-state index in [2.05, 4.69) is 0 Å². The molecule has 1 N–H and O–H groups in total. The molecule has 5 heteroatoms. The van der Waals surface area contributed by atoms with E-state index in [9.17, 15) is 14.4 Å². The topological polar surface area (TPSA) is 74.7 Å². The molecule has 0 saturated heterocycles. The van der Waals surface area contributed by atoms with Crippen molar-refractivity contribution >= 4 is 28.6 Å². The highest BCUT2D eigenvalue weighted by molar-refractivity contribution is 6.23. The summed E-state index contributed by atoms with van der Waals surface area (Å²) in [6, 6.07) is 10.8. The number of hydrogen-bond donors (Lipinski definition) is 1. The molecular formula is C15H11NO4. The van der Waals surface area contributed by atoms with Crippen LogP contribution in [-0.4, -0.2) is 34.3 Å². The summed E-state index contributed by atoms with van der Waals surface area (Å²) >= 11 is 0. The fourth-order valence-corrected chi connectivity index (χ4v) is 2.39. The largest absolute Gasteiger partial charge is 0.481 e. The van der Waals surface area contributed by atoms with Crippen molar-refractivity contribution in [3.8, 4) is 0 Å². The van der Waals surface area contributed by atoms with E-state index in [1.807, 2.05) is 24.3 Å². The van der Waals surface area contributed by atoms with Gasteiger partial charge in [0.25, 0.3) is 11.8 Å². The molecule has 5 nitrogen and oxygen atoms in total. The van der Waals surface area contributed by atoms with Crippen LogP contribution in [0.4, 0.5) is 0 Å². The van der Waals surface area contributed by atoms with Crippen LogP contribution >= 0.6 is 0 Å². The van der Waals surface area contributed by atoms with Gasteiger partial charge in [-0.3, -0.25) is 19.3 Å². The summed E-state index contributed by atoms with van der Waals surface area (Å²) in [5.74, 6) is -1.87. The van der Waals surface area contributed by atoms with Crippen LogP contribution in [0.25, 0.3) is 10.8 Å². The zero-order valence-electron chi connectivity index (χ0n) is 10.5. The second kappa shape index (κ2) is 4.45. The van der Waals surface area contributed by atoms with Gasteiger partial charge in [0.1, 0.15) is 0 Å². The summed E-state index contributed by atoms with van der Waals surface area (Å²) in [4.78, 5) is 35.9. The Morgan fingerprint density at radius 3 is 1.95 bits per heavy atom. The fourth-order valence-electron chi connectivity index (χ4n) is 2.39. The first-order valence-electron chi connectivity index (χ1n) is 6.19. The van der Waals surface area contributed by atoms with Crippen molar-refractivity contribution in [2.75, 3.05) is 6.54 Å². The molecule has 0 fully saturated rings. The van der Waals surface area contributed by atoms with Crippen molar-refractivity contribution in [2.45, 2.75) is 6.42 Å². The normalized spacial score (nSPS) is 13.9. The summed E-state index contributed by atoms with van der Waals surface area (Å²) in [5.41, 5.74) is 0.693. The van der Waals surface area contributed by atoms with Gasteiger partial charge >= 0.3 is 5.97 Å². The first kappa shape index (κ1) is 12.3. The molecule has 0 aromatic heterocycles. The molecule has 2 amide bonds. The summed E-state index contributed by atoms with van der Waals surface area (Å²) in [6.07, 6.45) is -0.245. The van der Waals surface area contributed by atoms with Crippen molar-refractivity contribution < 1.29 is 19.5 Å². The average Bonchev–Trinajstić information content (AvgIpc) is 2.66. The molecule has 2 aromatic carbocycles. The molecule has 20 heavy (non-hydrogen) atoms. The number of carbonyl (C=O) groups excluding carboxylic acids is 2. The minimum Gasteiger partial charge on any atom is -0.481 e. The van der Waals surface area contributed by atoms with E-state index in [1.54, 1.807) is 12.1 Å². The third kappa shape index (κ3) is 1.84. The quantitative estimate of drug-likeness (QED) is 0.864. The average molecular weight is 269 g/mol. The van der Waals surface area contributed by atoms with Gasteiger partial charge in [0, 0.05) is 6.54 Å². The predicted molar refractivity (Wildman–Crippen MR) is 71.6 cm³/mol. The lowest BCUT2D eigenvalue weighted by Crippen LogP contribution is -2.31. The highest BCUT2D eigenvalue weighted by atomic mass is 16.4. The summed E-state index contributed by atoms with van der Waals surface area (Å²) < 4.78 is 0. The standard InChI is InChI=1S/C15H11NO4/c17-13(18)5-6-16-14(19)11-7-9-3-1-2-4-10(9)8-12(11)15(16)20/h1-4,7-8H,5-6H2,(H,17,18). The van der Waals surface area contributed by atoms with E-state index in [1.165, 1.54) is 0 Å². The molecule has 0 radical (unpaired) electrons. The number of amides is 2. The van der Waals surface area contributed by atoms with E-state index < -0.39 is 17.8 Å². The number of rotatable bonds is 3. The molecule has 1 aliphatic heterocycles. The Balaban J connectivity index is 2.04. The highest BCUT2D eigenvalue weighted by Gasteiger charge is 2.35. The lowest BCUT2D eigenvalue weighted by atomic mass is 10.0. The van der Waals surface area contributed by atoms with Crippen molar-refractivity contribution in [3.63, 3.8) is 0 Å². The Kier molecular flexibility index (Phi) is 2.75. The molecule has 0 spiro atoms. The third-order valence-corrected chi connectivity index (χ3v) is 3.39. The molecular weight excluding hydrogens is 258 g/mol. The van der Waals surface area contributed by atoms with Crippen LogP contribution in [0.5, 0.6) is 0 Å². The van der Waals surface area contributed by atoms with E-state index in [0.29, 0.717) is 11.1 Å². The molecule has 3 rings (SSSR count). The first-order valence-corrected chi connectivity index (χ1v) is 6.19. The number of benzene rings is 2. The van der Waals surface area contributed by atoms with E-state index >= 15 is 0 Å². The smallest absolute Gasteiger partial charge is 0.305 e. The lowest BCUT2D eigenvalue weighted by molar-refractivity contribution is -0.137. The Hall–Kier alpha value is -2.69. The van der Waals surface area contributed by atoms with Gasteiger partial charge in [0.2, 0.25) is 0 Å². The van der Waals surface area contributed by atoms with Crippen molar-refractivity contribution in [3.05, 3.63) is 47.5 Å². The molecule has 0 saturated carbocycles. The lowest BCUT2D eigenvalue weighted by Gasteiger charge is -2.11. The number of hydrogen-bond acceptors (Lipinski definition) is 3. The maximum atomic E-state index is 12.2. The molecule has 1 aliphatic rings. The molecule has 0 atom stereocenters. The SMILES string of the molecule is O=C(O)CCN1C(=O)c2cc3ccccc3cc2C1=O. The van der Waals surface area contributed by atoms with Gasteiger partial charge in [-0.25, -0.2) is 0 Å². The van der Waals surface area contributed by atoms with Crippen LogP contribution in [0, 0.1) is 0 Å². The minimum absolute atomic E-state index is 0.0992. The monoisotopic (exact) mass is 269 g/mol. The summed E-state index contributed by atoms with van der Waals surface area (Å²) in [7, 11) is 0. The number of nitrogens with zero attached hydrogens (tertiary/aromatic N) is 1. The number of carboxylic acids is 1. The number of fused-ring (bicyclic) bond motifs is 2. The van der Waals surface area contributed by atoms with Crippen molar-refractivity contribution in [1.29, 1.82) is 0 Å². The second-order valence-corrected chi connectivity index (χ2v) is 4.65. The number of carbonyl (C=O) groups is 3. The number of aliphatic carboxylic acids is 1. The van der Waals surface area contributed by atoms with Gasteiger partial charge in [-0.15, -0.1) is 0 Å². The molecule has 2 aromatic rings. The fraction of sp³-hybridized carbons (Fsp3) is 0.133. The van der Waals surface area contributed by atoms with Crippen molar-refractivity contribution in [1.82, 2.24) is 4.90 Å². The van der Waals surface area contributed by atoms with Gasteiger partial charge in [0.05, 0.1) is 17.5 Å². The molecule has 100 valence electrons. The van der Waals surface area contributed by atoms with Crippen LogP contribution in [0.1, 0.15) is 27.1 Å².